The topological polar surface area (TPSA) is 60.9 Å². The Bertz CT molecular complexity index is 764. The molecule has 1 aromatic rings. The van der Waals surface area contributed by atoms with Gasteiger partial charge in [0.05, 0.1) is 21.6 Å². The quantitative estimate of drug-likeness (QED) is 0.829. The fourth-order valence-electron chi connectivity index (χ4n) is 3.58. The van der Waals surface area contributed by atoms with Crippen molar-refractivity contribution in [3.8, 4) is 0 Å². The summed E-state index contributed by atoms with van der Waals surface area (Å²) in [6.07, 6.45) is -3.17. The Kier molecular flexibility index (Phi) is 5.56. The Morgan fingerprint density at radius 1 is 1.12 bits per heavy atom. The molecule has 5 nitrogen and oxygen atoms in total. The highest BCUT2D eigenvalue weighted by Crippen LogP contribution is 2.36. The number of β-amino-alcohol motifs (C(OH)–C–C–N with tert-alkyl or cyclic N) is 1. The van der Waals surface area contributed by atoms with Crippen LogP contribution in [-0.2, 0) is 16.2 Å². The number of alkyl halides is 3. The summed E-state index contributed by atoms with van der Waals surface area (Å²) in [6, 6.07) is 2.86. The summed E-state index contributed by atoms with van der Waals surface area (Å²) in [4.78, 5) is 1.75. The molecule has 0 aliphatic carbocycles. The molecule has 2 aliphatic heterocycles. The number of aliphatic hydroxyl groups is 1. The molecule has 2 aliphatic rings. The van der Waals surface area contributed by atoms with Gasteiger partial charge in [0.1, 0.15) is 0 Å². The maximum absolute atomic E-state index is 13.0. The Labute approximate surface area is 155 Å². The highest BCUT2D eigenvalue weighted by Gasteiger charge is 2.37. The van der Waals surface area contributed by atoms with E-state index < -0.39 is 31.7 Å². The molecule has 1 aromatic carbocycles. The molecule has 1 atom stereocenters. The third-order valence-electron chi connectivity index (χ3n) is 5.02. The van der Waals surface area contributed by atoms with Crippen molar-refractivity contribution in [1.29, 1.82) is 0 Å². The van der Waals surface area contributed by atoms with Crippen LogP contribution in [0.4, 0.5) is 13.2 Å². The van der Waals surface area contributed by atoms with Crippen LogP contribution in [0.3, 0.4) is 0 Å². The highest BCUT2D eigenvalue weighted by atomic mass is 35.5. The standard InChI is InChI=1S/C16H20ClF3N2O3S/c17-15-2-1-13(9-14(15)16(18,19)20)26(24,25)22-7-3-11(4-8-22)21-6-5-12(23)10-21/h1-2,9,11-12,23H,3-8,10H2/t12-/m0/s1. The van der Waals surface area contributed by atoms with Gasteiger partial charge in [0, 0.05) is 32.2 Å². The molecule has 2 fully saturated rings. The third kappa shape index (κ3) is 4.01. The Morgan fingerprint density at radius 3 is 2.31 bits per heavy atom. The van der Waals surface area contributed by atoms with Crippen molar-refractivity contribution < 1.29 is 26.7 Å². The van der Waals surface area contributed by atoms with Crippen LogP contribution in [0.2, 0.25) is 5.02 Å². The minimum atomic E-state index is -4.72. The van der Waals surface area contributed by atoms with Gasteiger partial charge in [-0.1, -0.05) is 11.6 Å². The van der Waals surface area contributed by atoms with E-state index in [1.165, 1.54) is 4.31 Å². The lowest BCUT2D eigenvalue weighted by molar-refractivity contribution is -0.137. The summed E-state index contributed by atoms with van der Waals surface area (Å²) < 4.78 is 65.6. The van der Waals surface area contributed by atoms with Crippen molar-refractivity contribution in [3.05, 3.63) is 28.8 Å². The van der Waals surface area contributed by atoms with E-state index in [0.29, 0.717) is 31.9 Å². The van der Waals surface area contributed by atoms with Gasteiger partial charge in [0.2, 0.25) is 10.0 Å². The largest absolute Gasteiger partial charge is 0.417 e. The SMILES string of the molecule is O=S(=O)(c1ccc(Cl)c(C(F)(F)F)c1)N1CCC(N2CC[C@H](O)C2)CC1. The zero-order valence-electron chi connectivity index (χ0n) is 13.9. The molecule has 0 amide bonds. The van der Waals surface area contributed by atoms with Gasteiger partial charge in [0.15, 0.2) is 0 Å². The molecule has 3 rings (SSSR count). The van der Waals surface area contributed by atoms with Crippen molar-refractivity contribution in [2.75, 3.05) is 26.2 Å². The number of aliphatic hydroxyl groups excluding tert-OH is 1. The average molecular weight is 413 g/mol. The second-order valence-electron chi connectivity index (χ2n) is 6.71. The maximum Gasteiger partial charge on any atom is 0.417 e. The molecule has 1 N–H and O–H groups in total. The lowest BCUT2D eigenvalue weighted by atomic mass is 10.1. The van der Waals surface area contributed by atoms with Crippen LogP contribution in [0.1, 0.15) is 24.8 Å². The van der Waals surface area contributed by atoms with Crippen LogP contribution >= 0.6 is 11.6 Å². The van der Waals surface area contributed by atoms with Crippen molar-refractivity contribution in [2.24, 2.45) is 0 Å². The zero-order chi connectivity index (χ0) is 19.1. The number of benzene rings is 1. The fraction of sp³-hybridized carbons (Fsp3) is 0.625. The number of rotatable bonds is 3. The van der Waals surface area contributed by atoms with Crippen LogP contribution < -0.4 is 0 Å². The van der Waals surface area contributed by atoms with E-state index in [2.05, 4.69) is 4.90 Å². The van der Waals surface area contributed by atoms with Gasteiger partial charge in [-0.2, -0.15) is 17.5 Å². The van der Waals surface area contributed by atoms with Gasteiger partial charge >= 0.3 is 6.18 Å². The van der Waals surface area contributed by atoms with Gasteiger partial charge in [-0.25, -0.2) is 8.42 Å². The molecular weight excluding hydrogens is 393 g/mol. The highest BCUT2D eigenvalue weighted by molar-refractivity contribution is 7.89. The third-order valence-corrected chi connectivity index (χ3v) is 7.24. The Hall–Kier alpha value is -0.870. The van der Waals surface area contributed by atoms with Crippen LogP contribution in [0.15, 0.2) is 23.1 Å². The van der Waals surface area contributed by atoms with Gasteiger partial charge in [-0.05, 0) is 37.5 Å². The first-order valence-electron chi connectivity index (χ1n) is 8.38. The lowest BCUT2D eigenvalue weighted by Gasteiger charge is -2.36. The van der Waals surface area contributed by atoms with Gasteiger partial charge in [-0.3, -0.25) is 4.90 Å². The van der Waals surface area contributed by atoms with Gasteiger partial charge in [0.25, 0.3) is 0 Å². The van der Waals surface area contributed by atoms with E-state index in [9.17, 15) is 26.7 Å². The Balaban J connectivity index is 1.74. The minimum absolute atomic E-state index is 0.189. The first-order valence-corrected chi connectivity index (χ1v) is 10.2. The molecule has 26 heavy (non-hydrogen) atoms. The number of nitrogens with zero attached hydrogens (tertiary/aromatic N) is 2. The van der Waals surface area contributed by atoms with Crippen molar-refractivity contribution >= 4 is 21.6 Å². The smallest absolute Gasteiger partial charge is 0.392 e. The summed E-state index contributed by atoms with van der Waals surface area (Å²) in [5.74, 6) is 0. The number of likely N-dealkylation sites (tertiary alicyclic amines) is 1. The van der Waals surface area contributed by atoms with Crippen molar-refractivity contribution in [3.63, 3.8) is 0 Å². The molecule has 0 unspecified atom stereocenters. The first-order chi connectivity index (χ1) is 12.1. The van der Waals surface area contributed by atoms with Crippen LogP contribution in [-0.4, -0.2) is 61.1 Å². The second kappa shape index (κ2) is 7.27. The van der Waals surface area contributed by atoms with Crippen LogP contribution in [0, 0.1) is 0 Å². The fourth-order valence-corrected chi connectivity index (χ4v) is 5.30. The van der Waals surface area contributed by atoms with Crippen molar-refractivity contribution in [1.82, 2.24) is 9.21 Å². The van der Waals surface area contributed by atoms with E-state index >= 15 is 0 Å². The lowest BCUT2D eigenvalue weighted by Crippen LogP contribution is -2.46. The molecule has 146 valence electrons. The molecule has 2 saturated heterocycles. The molecule has 0 bridgehead atoms. The van der Waals surface area contributed by atoms with E-state index in [1.54, 1.807) is 0 Å². The predicted octanol–water partition coefficient (Wildman–Crippen LogP) is 2.58. The summed E-state index contributed by atoms with van der Waals surface area (Å²) >= 11 is 5.57. The predicted molar refractivity (Wildman–Crippen MR) is 90.4 cm³/mol. The van der Waals surface area contributed by atoms with E-state index in [4.69, 9.17) is 11.6 Å². The number of hydrogen-bond donors (Lipinski definition) is 1. The maximum atomic E-state index is 13.0. The number of piperidine rings is 1. The number of halogens is 4. The molecule has 0 radical (unpaired) electrons. The van der Waals surface area contributed by atoms with Gasteiger partial charge < -0.3 is 5.11 Å². The average Bonchev–Trinajstić information content (AvgIpc) is 3.00. The van der Waals surface area contributed by atoms with E-state index in [0.717, 1.165) is 18.7 Å². The molecule has 10 heteroatoms. The number of sulfonamides is 1. The first kappa shape index (κ1) is 19.9. The zero-order valence-corrected chi connectivity index (χ0v) is 15.5. The summed E-state index contributed by atoms with van der Waals surface area (Å²) in [6.45, 7) is 1.85. The normalized spacial score (nSPS) is 24.3. The van der Waals surface area contributed by atoms with Crippen LogP contribution in [0.5, 0.6) is 0 Å². The van der Waals surface area contributed by atoms with Crippen molar-refractivity contribution in [2.45, 2.75) is 42.5 Å². The van der Waals surface area contributed by atoms with Gasteiger partial charge in [-0.15, -0.1) is 0 Å². The minimum Gasteiger partial charge on any atom is -0.392 e. The molecule has 0 aromatic heterocycles. The number of hydrogen-bond acceptors (Lipinski definition) is 4. The molecule has 2 heterocycles. The second-order valence-corrected chi connectivity index (χ2v) is 9.06. The van der Waals surface area contributed by atoms with Crippen LogP contribution in [0.25, 0.3) is 0 Å². The summed E-state index contributed by atoms with van der Waals surface area (Å²) in [5.41, 5.74) is -1.15. The monoisotopic (exact) mass is 412 g/mol. The summed E-state index contributed by atoms with van der Waals surface area (Å²) in [7, 11) is -4.01. The summed E-state index contributed by atoms with van der Waals surface area (Å²) in [5, 5.41) is 9.10. The molecular formula is C16H20ClF3N2O3S. The van der Waals surface area contributed by atoms with E-state index in [-0.39, 0.29) is 25.2 Å². The van der Waals surface area contributed by atoms with E-state index in [1.807, 2.05) is 0 Å². The molecule has 0 saturated carbocycles. The molecule has 0 spiro atoms. The Morgan fingerprint density at radius 2 is 1.77 bits per heavy atom.